The van der Waals surface area contributed by atoms with Gasteiger partial charge in [-0.3, -0.25) is 4.79 Å². The summed E-state index contributed by atoms with van der Waals surface area (Å²) in [6.07, 6.45) is 4.90. The number of nitrogens with one attached hydrogen (secondary N) is 1. The largest absolute Gasteiger partial charge is 0.359 e. The van der Waals surface area contributed by atoms with Crippen molar-refractivity contribution in [3.8, 4) is 0 Å². The van der Waals surface area contributed by atoms with E-state index in [1.807, 2.05) is 26.0 Å². The Kier molecular flexibility index (Phi) is 4.63. The molecule has 2 heteroatoms. The number of carbonyl (C=O) groups is 1. The van der Waals surface area contributed by atoms with Gasteiger partial charge in [-0.05, 0) is 6.42 Å². The second kappa shape index (κ2) is 5.03. The SMILES string of the molecule is CC/C=C/C(C)C(=O)NC. The summed E-state index contributed by atoms with van der Waals surface area (Å²) in [4.78, 5) is 10.9. The maximum Gasteiger partial charge on any atom is 0.226 e. The van der Waals surface area contributed by atoms with Gasteiger partial charge in [0.05, 0.1) is 5.92 Å². The van der Waals surface area contributed by atoms with Gasteiger partial charge in [-0.2, -0.15) is 0 Å². The van der Waals surface area contributed by atoms with Crippen molar-refractivity contribution in [2.75, 3.05) is 7.05 Å². The zero-order valence-electron chi connectivity index (χ0n) is 6.85. The molecule has 0 spiro atoms. The van der Waals surface area contributed by atoms with Gasteiger partial charge in [0.25, 0.3) is 0 Å². The van der Waals surface area contributed by atoms with Gasteiger partial charge >= 0.3 is 0 Å². The molecule has 0 aliphatic carbocycles. The Hall–Kier alpha value is -0.790. The van der Waals surface area contributed by atoms with Crippen molar-refractivity contribution in [2.45, 2.75) is 20.3 Å². The molecule has 0 aromatic rings. The summed E-state index contributed by atoms with van der Waals surface area (Å²) in [5, 5.41) is 2.58. The molecule has 10 heavy (non-hydrogen) atoms. The van der Waals surface area contributed by atoms with E-state index in [0.29, 0.717) is 0 Å². The first-order chi connectivity index (χ1) is 4.72. The molecule has 0 fully saturated rings. The molecule has 0 aliphatic heterocycles. The maximum absolute atomic E-state index is 10.9. The lowest BCUT2D eigenvalue weighted by molar-refractivity contribution is -0.122. The van der Waals surface area contributed by atoms with Gasteiger partial charge < -0.3 is 5.32 Å². The van der Waals surface area contributed by atoms with Crippen LogP contribution in [-0.4, -0.2) is 13.0 Å². The highest BCUT2D eigenvalue weighted by atomic mass is 16.1. The predicted molar refractivity (Wildman–Crippen MR) is 42.7 cm³/mol. The molecular formula is C8H15NO. The molecule has 0 bridgehead atoms. The van der Waals surface area contributed by atoms with E-state index in [1.54, 1.807) is 7.05 Å². The summed E-state index contributed by atoms with van der Waals surface area (Å²) in [5.74, 6) is 0.0784. The minimum atomic E-state index is 0.00458. The van der Waals surface area contributed by atoms with Gasteiger partial charge in [0.1, 0.15) is 0 Å². The van der Waals surface area contributed by atoms with Crippen LogP contribution in [0.1, 0.15) is 20.3 Å². The van der Waals surface area contributed by atoms with Gasteiger partial charge in [0, 0.05) is 7.05 Å². The van der Waals surface area contributed by atoms with Crippen LogP contribution in [0.5, 0.6) is 0 Å². The molecule has 1 unspecified atom stereocenters. The number of hydrogen-bond donors (Lipinski definition) is 1. The highest BCUT2D eigenvalue weighted by molar-refractivity contribution is 5.79. The minimum absolute atomic E-state index is 0.00458. The summed E-state index contributed by atoms with van der Waals surface area (Å²) in [7, 11) is 1.65. The Morgan fingerprint density at radius 1 is 1.70 bits per heavy atom. The van der Waals surface area contributed by atoms with Gasteiger partial charge in [-0.25, -0.2) is 0 Å². The topological polar surface area (TPSA) is 29.1 Å². The number of carbonyl (C=O) groups excluding carboxylic acids is 1. The Morgan fingerprint density at radius 3 is 2.70 bits per heavy atom. The smallest absolute Gasteiger partial charge is 0.226 e. The average molecular weight is 141 g/mol. The fraction of sp³-hybridized carbons (Fsp3) is 0.625. The van der Waals surface area contributed by atoms with E-state index in [-0.39, 0.29) is 11.8 Å². The number of rotatable bonds is 3. The summed E-state index contributed by atoms with van der Waals surface area (Å²) >= 11 is 0. The molecule has 1 amide bonds. The second-order valence-corrected chi connectivity index (χ2v) is 2.24. The summed E-state index contributed by atoms with van der Waals surface area (Å²) in [6, 6.07) is 0. The Labute approximate surface area is 62.3 Å². The molecule has 1 atom stereocenters. The monoisotopic (exact) mass is 141 g/mol. The molecule has 58 valence electrons. The van der Waals surface area contributed by atoms with Crippen LogP contribution in [0.25, 0.3) is 0 Å². The van der Waals surface area contributed by atoms with Gasteiger partial charge in [-0.1, -0.05) is 26.0 Å². The Bertz CT molecular complexity index is 129. The van der Waals surface area contributed by atoms with E-state index >= 15 is 0 Å². The van der Waals surface area contributed by atoms with Crippen molar-refractivity contribution in [2.24, 2.45) is 5.92 Å². The van der Waals surface area contributed by atoms with Crippen molar-refractivity contribution in [1.82, 2.24) is 5.32 Å². The number of hydrogen-bond acceptors (Lipinski definition) is 1. The van der Waals surface area contributed by atoms with E-state index < -0.39 is 0 Å². The lowest BCUT2D eigenvalue weighted by atomic mass is 10.1. The maximum atomic E-state index is 10.9. The fourth-order valence-electron chi connectivity index (χ4n) is 0.655. The molecular weight excluding hydrogens is 126 g/mol. The van der Waals surface area contributed by atoms with Crippen molar-refractivity contribution in [3.63, 3.8) is 0 Å². The van der Waals surface area contributed by atoms with Crippen molar-refractivity contribution < 1.29 is 4.79 Å². The first-order valence-electron chi connectivity index (χ1n) is 3.60. The third-order valence-corrected chi connectivity index (χ3v) is 1.32. The third-order valence-electron chi connectivity index (χ3n) is 1.32. The zero-order chi connectivity index (χ0) is 7.98. The van der Waals surface area contributed by atoms with E-state index in [4.69, 9.17) is 0 Å². The van der Waals surface area contributed by atoms with Crippen LogP contribution in [0.4, 0.5) is 0 Å². The Morgan fingerprint density at radius 2 is 2.30 bits per heavy atom. The van der Waals surface area contributed by atoms with E-state index in [9.17, 15) is 4.79 Å². The van der Waals surface area contributed by atoms with Crippen molar-refractivity contribution >= 4 is 5.91 Å². The van der Waals surface area contributed by atoms with Crippen LogP contribution < -0.4 is 5.32 Å². The first-order valence-corrected chi connectivity index (χ1v) is 3.60. The highest BCUT2D eigenvalue weighted by Gasteiger charge is 2.04. The van der Waals surface area contributed by atoms with Crippen LogP contribution in [0.2, 0.25) is 0 Å². The number of allylic oxidation sites excluding steroid dienone is 1. The lowest BCUT2D eigenvalue weighted by Crippen LogP contribution is -2.23. The summed E-state index contributed by atoms with van der Waals surface area (Å²) in [5.41, 5.74) is 0. The van der Waals surface area contributed by atoms with Crippen LogP contribution in [0.15, 0.2) is 12.2 Å². The quantitative estimate of drug-likeness (QED) is 0.590. The van der Waals surface area contributed by atoms with E-state index in [0.717, 1.165) is 6.42 Å². The average Bonchev–Trinajstić information content (AvgIpc) is 1.98. The normalized spacial score (nSPS) is 13.5. The van der Waals surface area contributed by atoms with E-state index in [1.165, 1.54) is 0 Å². The number of amides is 1. The molecule has 0 radical (unpaired) electrons. The minimum Gasteiger partial charge on any atom is -0.359 e. The third kappa shape index (κ3) is 3.28. The molecule has 0 saturated carbocycles. The molecule has 1 N–H and O–H groups in total. The zero-order valence-corrected chi connectivity index (χ0v) is 6.85. The van der Waals surface area contributed by atoms with Crippen LogP contribution >= 0.6 is 0 Å². The Balaban J connectivity index is 3.72. The van der Waals surface area contributed by atoms with Crippen molar-refractivity contribution in [3.05, 3.63) is 12.2 Å². The van der Waals surface area contributed by atoms with Gasteiger partial charge in [0.15, 0.2) is 0 Å². The molecule has 2 nitrogen and oxygen atoms in total. The van der Waals surface area contributed by atoms with Gasteiger partial charge in [0.2, 0.25) is 5.91 Å². The van der Waals surface area contributed by atoms with Crippen LogP contribution in [0.3, 0.4) is 0 Å². The molecule has 0 saturated heterocycles. The molecule has 0 aromatic heterocycles. The van der Waals surface area contributed by atoms with Gasteiger partial charge in [-0.15, -0.1) is 0 Å². The lowest BCUT2D eigenvalue weighted by Gasteiger charge is -2.02. The van der Waals surface area contributed by atoms with Crippen LogP contribution in [-0.2, 0) is 4.79 Å². The molecule has 0 aliphatic rings. The fourth-order valence-corrected chi connectivity index (χ4v) is 0.655. The van der Waals surface area contributed by atoms with Crippen LogP contribution in [0, 0.1) is 5.92 Å². The predicted octanol–water partition coefficient (Wildman–Crippen LogP) is 1.33. The molecule has 0 aromatic carbocycles. The summed E-state index contributed by atoms with van der Waals surface area (Å²) in [6.45, 7) is 3.93. The molecule has 0 rings (SSSR count). The second-order valence-electron chi connectivity index (χ2n) is 2.24. The van der Waals surface area contributed by atoms with E-state index in [2.05, 4.69) is 5.32 Å². The highest BCUT2D eigenvalue weighted by Crippen LogP contribution is 1.96. The van der Waals surface area contributed by atoms with Crippen molar-refractivity contribution in [1.29, 1.82) is 0 Å². The summed E-state index contributed by atoms with van der Waals surface area (Å²) < 4.78 is 0. The standard InChI is InChI=1S/C8H15NO/c1-4-5-6-7(2)8(10)9-3/h5-7H,4H2,1-3H3,(H,9,10)/b6-5+. The molecule has 0 heterocycles. The first kappa shape index (κ1) is 9.21.